The van der Waals surface area contributed by atoms with Gasteiger partial charge in [-0.1, -0.05) is 6.07 Å². The van der Waals surface area contributed by atoms with Crippen LogP contribution in [0.15, 0.2) is 23.3 Å². The van der Waals surface area contributed by atoms with Gasteiger partial charge in [0.25, 0.3) is 0 Å². The standard InChI is InChI=1S/C16H19N7O2S2/c1-8-3-9(2)5-10(4-8)22-16(27)23(21-20-22)12-6-11(18-19-15(17)26)14-24-7-13(12)25-14/h3-5,12-14H,6-7H2,1-2H3,(H3,17,19,26). The Morgan fingerprint density at radius 1 is 1.30 bits per heavy atom. The second kappa shape index (κ2) is 7.08. The fourth-order valence-electron chi connectivity index (χ4n) is 3.41. The van der Waals surface area contributed by atoms with Gasteiger partial charge in [-0.25, -0.2) is 4.68 Å². The Hall–Kier alpha value is -2.21. The molecule has 11 heteroatoms. The summed E-state index contributed by atoms with van der Waals surface area (Å²) in [6.07, 6.45) is -0.128. The van der Waals surface area contributed by atoms with Gasteiger partial charge in [0, 0.05) is 6.42 Å². The number of fused-ring (bicyclic) bond motifs is 2. The molecule has 0 amide bonds. The number of benzene rings is 1. The van der Waals surface area contributed by atoms with Gasteiger partial charge in [-0.15, -0.1) is 0 Å². The van der Waals surface area contributed by atoms with Crippen molar-refractivity contribution in [2.24, 2.45) is 10.8 Å². The van der Waals surface area contributed by atoms with Crippen LogP contribution in [0.4, 0.5) is 0 Å². The zero-order chi connectivity index (χ0) is 19.1. The van der Waals surface area contributed by atoms with Gasteiger partial charge in [0.1, 0.15) is 6.10 Å². The van der Waals surface area contributed by atoms with Crippen LogP contribution < -0.4 is 11.2 Å². The molecule has 2 fully saturated rings. The van der Waals surface area contributed by atoms with Gasteiger partial charge in [0.15, 0.2) is 11.4 Å². The summed E-state index contributed by atoms with van der Waals surface area (Å²) < 4.78 is 15.4. The number of thiocarbonyl (C=S) groups is 1. The second-order valence-electron chi connectivity index (χ2n) is 6.65. The molecule has 27 heavy (non-hydrogen) atoms. The van der Waals surface area contributed by atoms with Gasteiger partial charge in [0.2, 0.25) is 4.77 Å². The highest BCUT2D eigenvalue weighted by molar-refractivity contribution is 7.80. The van der Waals surface area contributed by atoms with Crippen molar-refractivity contribution in [1.29, 1.82) is 0 Å². The Kier molecular flexibility index (Phi) is 4.76. The third kappa shape index (κ3) is 3.50. The first kappa shape index (κ1) is 18.2. The number of tetrazole rings is 1. The predicted octanol–water partition coefficient (Wildman–Crippen LogP) is 1.29. The summed E-state index contributed by atoms with van der Waals surface area (Å²) in [6.45, 7) is 4.50. The summed E-state index contributed by atoms with van der Waals surface area (Å²) >= 11 is 10.4. The van der Waals surface area contributed by atoms with Crippen LogP contribution in [-0.2, 0) is 9.47 Å². The molecule has 1 aromatic carbocycles. The fourth-order valence-corrected chi connectivity index (χ4v) is 3.77. The molecule has 2 bridgehead atoms. The van der Waals surface area contributed by atoms with Gasteiger partial charge in [-0.2, -0.15) is 9.78 Å². The van der Waals surface area contributed by atoms with Crippen LogP contribution in [0.5, 0.6) is 0 Å². The Balaban J connectivity index is 1.67. The first-order valence-corrected chi connectivity index (χ1v) is 9.26. The molecule has 2 saturated heterocycles. The maximum absolute atomic E-state index is 5.90. The minimum Gasteiger partial charge on any atom is -0.375 e. The van der Waals surface area contributed by atoms with Gasteiger partial charge < -0.3 is 15.2 Å². The molecule has 0 radical (unpaired) electrons. The molecule has 3 N–H and O–H groups in total. The quantitative estimate of drug-likeness (QED) is 0.581. The monoisotopic (exact) mass is 405 g/mol. The number of aromatic nitrogens is 4. The summed E-state index contributed by atoms with van der Waals surface area (Å²) in [5, 5.41) is 12.8. The lowest BCUT2D eigenvalue weighted by Gasteiger charge is -2.27. The molecule has 3 heterocycles. The van der Waals surface area contributed by atoms with Crippen LogP contribution in [-0.4, -0.2) is 49.6 Å². The largest absolute Gasteiger partial charge is 0.375 e. The van der Waals surface area contributed by atoms with E-state index in [-0.39, 0.29) is 17.3 Å². The average Bonchev–Trinajstić information content (AvgIpc) is 3.18. The van der Waals surface area contributed by atoms with Crippen molar-refractivity contribution < 1.29 is 9.47 Å². The van der Waals surface area contributed by atoms with E-state index in [0.29, 0.717) is 23.5 Å². The van der Waals surface area contributed by atoms with Crippen LogP contribution in [0.25, 0.3) is 5.69 Å². The molecular formula is C16H19N7O2S2. The highest BCUT2D eigenvalue weighted by Crippen LogP contribution is 2.33. The first-order valence-electron chi connectivity index (χ1n) is 8.44. The average molecular weight is 406 g/mol. The minimum absolute atomic E-state index is 0.0801. The SMILES string of the molecule is Cc1cc(C)cc(-n2nnn(C3CC(=NNC(N)=S)C4OCC3O4)c2=S)c1. The maximum atomic E-state index is 5.90. The predicted molar refractivity (Wildman–Crippen MR) is 105 cm³/mol. The summed E-state index contributed by atoms with van der Waals surface area (Å²) in [5.74, 6) is 0. The van der Waals surface area contributed by atoms with Crippen molar-refractivity contribution in [3.63, 3.8) is 0 Å². The number of aryl methyl sites for hydroxylation is 2. The summed E-state index contributed by atoms with van der Waals surface area (Å²) in [4.78, 5) is 0. The molecule has 2 aliphatic rings. The zero-order valence-electron chi connectivity index (χ0n) is 14.8. The van der Waals surface area contributed by atoms with E-state index in [1.54, 1.807) is 9.36 Å². The van der Waals surface area contributed by atoms with Gasteiger partial charge >= 0.3 is 0 Å². The van der Waals surface area contributed by atoms with E-state index in [0.717, 1.165) is 16.8 Å². The van der Waals surface area contributed by atoms with Gasteiger partial charge in [0.05, 0.1) is 24.0 Å². The number of nitrogens with two attached hydrogens (primary N) is 1. The Morgan fingerprint density at radius 3 is 2.74 bits per heavy atom. The second-order valence-corrected chi connectivity index (χ2v) is 7.46. The molecule has 4 rings (SSSR count). The highest BCUT2D eigenvalue weighted by Gasteiger charge is 2.44. The van der Waals surface area contributed by atoms with Crippen molar-refractivity contribution >= 4 is 35.3 Å². The van der Waals surface area contributed by atoms with Crippen molar-refractivity contribution in [3.05, 3.63) is 34.1 Å². The Labute approximate surface area is 166 Å². The lowest BCUT2D eigenvalue weighted by atomic mass is 10.0. The summed E-state index contributed by atoms with van der Waals surface area (Å²) in [5.41, 5.74) is 11.8. The van der Waals surface area contributed by atoms with E-state index in [2.05, 4.69) is 27.0 Å². The fraction of sp³-hybridized carbons (Fsp3) is 0.438. The lowest BCUT2D eigenvalue weighted by Crippen LogP contribution is -2.39. The van der Waals surface area contributed by atoms with Crippen LogP contribution in [0.3, 0.4) is 0 Å². The van der Waals surface area contributed by atoms with E-state index >= 15 is 0 Å². The maximum Gasteiger partial charge on any atom is 0.221 e. The number of nitrogens with zero attached hydrogens (tertiary/aromatic N) is 5. The molecule has 3 atom stereocenters. The van der Waals surface area contributed by atoms with Crippen molar-refractivity contribution in [3.8, 4) is 5.69 Å². The van der Waals surface area contributed by atoms with Gasteiger partial charge in [-0.3, -0.25) is 5.43 Å². The molecule has 2 aliphatic heterocycles. The number of hydrogen-bond acceptors (Lipinski definition) is 7. The molecule has 3 unspecified atom stereocenters. The van der Waals surface area contributed by atoms with E-state index in [9.17, 15) is 0 Å². The number of rotatable bonds is 3. The van der Waals surface area contributed by atoms with Crippen LogP contribution in [0.1, 0.15) is 23.6 Å². The normalized spacial score (nSPS) is 25.7. The molecular weight excluding hydrogens is 386 g/mol. The van der Waals surface area contributed by atoms with Crippen LogP contribution in [0.2, 0.25) is 0 Å². The van der Waals surface area contributed by atoms with Crippen LogP contribution in [0, 0.1) is 18.6 Å². The van der Waals surface area contributed by atoms with E-state index in [1.807, 2.05) is 26.0 Å². The molecule has 0 saturated carbocycles. The molecule has 0 spiro atoms. The molecule has 9 nitrogen and oxygen atoms in total. The minimum atomic E-state index is -0.503. The Morgan fingerprint density at radius 2 is 2.04 bits per heavy atom. The Bertz CT molecular complexity index is 963. The van der Waals surface area contributed by atoms with E-state index < -0.39 is 6.29 Å². The highest BCUT2D eigenvalue weighted by atomic mass is 32.1. The van der Waals surface area contributed by atoms with Crippen molar-refractivity contribution in [2.75, 3.05) is 6.61 Å². The van der Waals surface area contributed by atoms with E-state index in [4.69, 9.17) is 39.6 Å². The summed E-state index contributed by atoms with van der Waals surface area (Å²) in [6, 6.07) is 5.96. The summed E-state index contributed by atoms with van der Waals surface area (Å²) in [7, 11) is 0. The molecule has 0 aliphatic carbocycles. The zero-order valence-corrected chi connectivity index (χ0v) is 16.5. The number of ether oxygens (including phenoxy) is 2. The number of hydrogen-bond donors (Lipinski definition) is 2. The number of nitrogens with one attached hydrogen (secondary N) is 1. The molecule has 142 valence electrons. The third-order valence-corrected chi connectivity index (χ3v) is 4.96. The third-order valence-electron chi connectivity index (χ3n) is 4.51. The number of hydrazone groups is 1. The lowest BCUT2D eigenvalue weighted by molar-refractivity contribution is -0.0324. The first-order chi connectivity index (χ1) is 12.9. The topological polar surface area (TPSA) is 105 Å². The molecule has 2 aromatic rings. The van der Waals surface area contributed by atoms with E-state index in [1.165, 1.54) is 0 Å². The smallest absolute Gasteiger partial charge is 0.221 e. The van der Waals surface area contributed by atoms with Crippen molar-refractivity contribution in [1.82, 2.24) is 25.2 Å². The van der Waals surface area contributed by atoms with Crippen molar-refractivity contribution in [2.45, 2.75) is 38.7 Å². The van der Waals surface area contributed by atoms with Crippen LogP contribution >= 0.6 is 24.4 Å². The molecule has 1 aromatic heterocycles. The van der Waals surface area contributed by atoms with Gasteiger partial charge in [-0.05, 0) is 72.0 Å².